The van der Waals surface area contributed by atoms with E-state index in [0.29, 0.717) is 61.7 Å². The lowest BCUT2D eigenvalue weighted by molar-refractivity contribution is -0.179. The van der Waals surface area contributed by atoms with Crippen LogP contribution in [0.5, 0.6) is 5.75 Å². The van der Waals surface area contributed by atoms with Crippen molar-refractivity contribution < 1.29 is 52.5 Å². The summed E-state index contributed by atoms with van der Waals surface area (Å²) in [6.45, 7) is 22.8. The van der Waals surface area contributed by atoms with E-state index >= 15 is 0 Å². The van der Waals surface area contributed by atoms with Gasteiger partial charge in [-0.05, 0) is 107 Å². The zero-order chi connectivity index (χ0) is 60.1. The fourth-order valence-electron chi connectivity index (χ4n) is 9.59. The minimum Gasteiger partial charge on any atom is -0.495 e. The molecule has 18 nitrogen and oxygen atoms in total. The van der Waals surface area contributed by atoms with Crippen LogP contribution in [0.25, 0.3) is 0 Å². The molecule has 2 fully saturated rings. The van der Waals surface area contributed by atoms with Crippen LogP contribution in [0.2, 0.25) is 5.02 Å². The molecule has 21 heteroatoms. The maximum Gasteiger partial charge on any atom is 0.347 e. The van der Waals surface area contributed by atoms with Crippen LogP contribution in [0.15, 0.2) is 67.3 Å². The Balaban J connectivity index is 1.09. The van der Waals surface area contributed by atoms with E-state index in [0.717, 1.165) is 55.8 Å². The van der Waals surface area contributed by atoms with Crippen molar-refractivity contribution in [3.63, 3.8) is 0 Å². The number of methoxy groups -OCH3 is 1. The van der Waals surface area contributed by atoms with Crippen LogP contribution in [0.1, 0.15) is 136 Å². The molecule has 0 radical (unpaired) electrons. The molecule has 3 heterocycles. The number of benzene rings is 2. The number of carbonyl (C=O) groups is 7. The number of cyclic esters (lactones) is 2. The molecule has 0 spiro atoms. The van der Waals surface area contributed by atoms with Crippen LogP contribution in [-0.2, 0) is 60.7 Å². The maximum atomic E-state index is 14.0. The average Bonchev–Trinajstić information content (AvgIpc) is 4.46. The zero-order valence-corrected chi connectivity index (χ0v) is 52.0. The second kappa shape index (κ2) is 32.9. The smallest absolute Gasteiger partial charge is 0.347 e. The molecule has 2 aromatic rings. The average molecular weight is 1200 g/mol. The van der Waals surface area contributed by atoms with Crippen molar-refractivity contribution in [3.05, 3.63) is 89.0 Å². The summed E-state index contributed by atoms with van der Waals surface area (Å²) in [5.41, 5.74) is 12.8. The number of rotatable bonds is 28. The summed E-state index contributed by atoms with van der Waals surface area (Å²) in [6.07, 6.45) is 6.87. The molecule has 2 aromatic carbocycles. The molecule has 6 N–H and O–H groups in total. The molecule has 0 saturated carbocycles. The van der Waals surface area contributed by atoms with Crippen molar-refractivity contribution in [1.82, 2.24) is 31.3 Å². The predicted molar refractivity (Wildman–Crippen MR) is 323 cm³/mol. The highest BCUT2D eigenvalue weighted by Gasteiger charge is 2.48. The van der Waals surface area contributed by atoms with Crippen molar-refractivity contribution in [1.29, 1.82) is 0 Å². The highest BCUT2D eigenvalue weighted by atomic mass is 35.5. The van der Waals surface area contributed by atoms with Gasteiger partial charge in [-0.3, -0.25) is 39.1 Å². The van der Waals surface area contributed by atoms with E-state index in [1.165, 1.54) is 13.2 Å². The number of halogens is 1. The number of amides is 4. The molecule has 82 heavy (non-hydrogen) atoms. The van der Waals surface area contributed by atoms with Crippen LogP contribution >= 0.6 is 33.2 Å². The van der Waals surface area contributed by atoms with Gasteiger partial charge < -0.3 is 40.2 Å². The molecule has 8 atom stereocenters. The van der Waals surface area contributed by atoms with Crippen molar-refractivity contribution >= 4 is 74.5 Å². The molecule has 3 aliphatic heterocycles. The number of hydrogen-bond donors (Lipinski definition) is 5. The lowest BCUT2D eigenvalue weighted by Gasteiger charge is -2.35. The Hall–Kier alpha value is -4.96. The van der Waals surface area contributed by atoms with Crippen molar-refractivity contribution in [2.24, 2.45) is 28.9 Å². The Morgan fingerprint density at radius 2 is 1.68 bits per heavy atom. The van der Waals surface area contributed by atoms with Crippen molar-refractivity contribution in [3.8, 4) is 5.75 Å². The number of hydrogen-bond acceptors (Lipinski definition) is 16. The van der Waals surface area contributed by atoms with E-state index in [2.05, 4.69) is 71.1 Å². The van der Waals surface area contributed by atoms with Gasteiger partial charge in [-0.2, -0.15) is 0 Å². The molecule has 4 amide bonds. The number of nitrogens with one attached hydrogen (secondary N) is 4. The number of ether oxygens (including phenoxy) is 4. The summed E-state index contributed by atoms with van der Waals surface area (Å²) >= 11 is 6.40. The first-order chi connectivity index (χ1) is 38.9. The maximum absolute atomic E-state index is 14.0. The Bertz CT molecular complexity index is 2510. The van der Waals surface area contributed by atoms with Gasteiger partial charge in [0.05, 0.1) is 29.7 Å². The number of epoxide rings is 1. The summed E-state index contributed by atoms with van der Waals surface area (Å²) in [7, 11) is 4.95. The number of ketones is 1. The third-order valence-electron chi connectivity index (χ3n) is 15.1. The predicted octanol–water partition coefficient (Wildman–Crippen LogP) is 8.00. The van der Waals surface area contributed by atoms with Crippen molar-refractivity contribution in [2.45, 2.75) is 167 Å². The molecule has 3 aliphatic rings. The topological polar surface area (TPSA) is 240 Å². The molecular formula is C61H90ClN7O11S2. The minimum atomic E-state index is -1.25. The number of unbranched alkanes of at least 4 members (excludes halogenated alkanes) is 1. The Morgan fingerprint density at radius 1 is 0.976 bits per heavy atom. The molecule has 2 saturated heterocycles. The van der Waals surface area contributed by atoms with E-state index < -0.39 is 53.5 Å². The lowest BCUT2D eigenvalue weighted by atomic mass is 9.92. The van der Waals surface area contributed by atoms with Crippen LogP contribution in [0.3, 0.4) is 0 Å². The number of hydrazine groups is 1. The van der Waals surface area contributed by atoms with Gasteiger partial charge >= 0.3 is 11.9 Å². The normalized spacial score (nSPS) is 22.6. The third kappa shape index (κ3) is 21.9. The van der Waals surface area contributed by atoms with E-state index in [1.807, 2.05) is 25.7 Å². The molecule has 5 rings (SSSR count). The van der Waals surface area contributed by atoms with Gasteiger partial charge in [-0.15, -0.1) is 6.58 Å². The van der Waals surface area contributed by atoms with E-state index in [-0.39, 0.29) is 78.1 Å². The first kappa shape index (κ1) is 67.8. The summed E-state index contributed by atoms with van der Waals surface area (Å²) < 4.78 is 23.5. The van der Waals surface area contributed by atoms with Crippen LogP contribution in [-0.4, -0.2) is 138 Å². The first-order valence-corrected chi connectivity index (χ1v) is 31.6. The standard InChI is InChI=1S/C61H90ClN7O11S2/c1-11-40(4)54(73)46(16-12-13-28-63)66-67-52(71)19-15-33-81-82-61(8,9)27-26-53(72)69-31-29-68(30-32-69)37-42-20-23-44(24-21-42)56-55(80-56)41(5)48-17-14-18-51(70)65-47(36-43-22-25-49(77-10)45(62)35-43)57(74)64-38-60(6,7)59(76)79-50(34-39(2)3)58(75)78-48/h11,14,18,20-25,35,39-41,46-48,50,55-56,66H,1,12-13,15-17,19,26-34,36-38,63H2,2-10H3,(H,64,74)(H,65,70)(H,67,71)/b18-14+/t40?,41-,46-,47+,48-,50-,55+,56+/m0/s1. The summed E-state index contributed by atoms with van der Waals surface area (Å²) in [4.78, 5) is 97.9. The van der Waals surface area contributed by atoms with Gasteiger partial charge in [0.15, 0.2) is 11.9 Å². The van der Waals surface area contributed by atoms with Gasteiger partial charge in [-0.25, -0.2) is 10.2 Å². The molecule has 1 unspecified atom stereocenters. The summed E-state index contributed by atoms with van der Waals surface area (Å²) in [5, 5.41) is 5.94. The monoisotopic (exact) mass is 1200 g/mol. The van der Waals surface area contributed by atoms with E-state index in [4.69, 9.17) is 36.3 Å². The second-order valence-electron chi connectivity index (χ2n) is 23.5. The largest absolute Gasteiger partial charge is 0.495 e. The fourth-order valence-corrected chi connectivity index (χ4v) is 12.5. The molecular weight excluding hydrogens is 1110 g/mol. The Morgan fingerprint density at radius 3 is 2.34 bits per heavy atom. The second-order valence-corrected chi connectivity index (χ2v) is 27.0. The number of nitrogens with two attached hydrogens (primary N) is 1. The number of piperazine rings is 1. The highest BCUT2D eigenvalue weighted by molar-refractivity contribution is 8.77. The van der Waals surface area contributed by atoms with Crippen LogP contribution in [0.4, 0.5) is 0 Å². The van der Waals surface area contributed by atoms with E-state index in [9.17, 15) is 33.6 Å². The highest BCUT2D eigenvalue weighted by Crippen LogP contribution is 2.45. The van der Waals surface area contributed by atoms with Gasteiger partial charge in [0.25, 0.3) is 0 Å². The van der Waals surface area contributed by atoms with Gasteiger partial charge in [0.2, 0.25) is 23.6 Å². The van der Waals surface area contributed by atoms with E-state index in [1.54, 1.807) is 72.7 Å². The number of Topliss-reactive ketones (excluding diaryl/α,β-unsaturated/α-hetero) is 1. The Labute approximate surface area is 499 Å². The fraction of sp³-hybridized carbons (Fsp3) is 0.623. The van der Waals surface area contributed by atoms with Gasteiger partial charge in [-0.1, -0.05) is 110 Å². The zero-order valence-electron chi connectivity index (χ0n) is 49.6. The molecule has 0 aromatic heterocycles. The quantitative estimate of drug-likeness (QED) is 0.0135. The SMILES string of the molecule is C=CC(C)C(=O)[C@H](CCCCN)NNC(=O)CCCSSC(C)(C)CCC(=O)N1CCN(Cc2ccc([C@H]3O[C@@H]3[C@@H](C)[C@@H]3C/C=C/C(=O)N[C@H](Cc4ccc(OC)c(Cl)c4)C(=O)NCC(C)(C)C(=O)O[C@@H](CC(C)C)C(=O)O3)cc2)CC1. The van der Waals surface area contributed by atoms with Crippen LogP contribution in [0, 0.1) is 23.2 Å². The third-order valence-corrected chi connectivity index (χ3v) is 18.8. The number of carbonyl (C=O) groups excluding carboxylic acids is 7. The molecule has 0 bridgehead atoms. The number of esters is 2. The summed E-state index contributed by atoms with van der Waals surface area (Å²) in [6, 6.07) is 11.9. The first-order valence-electron chi connectivity index (χ1n) is 28.9. The lowest BCUT2D eigenvalue weighted by Crippen LogP contribution is -2.51. The summed E-state index contributed by atoms with van der Waals surface area (Å²) in [5.74, 6) is -1.86. The van der Waals surface area contributed by atoms with Crippen LogP contribution < -0.4 is 32.0 Å². The van der Waals surface area contributed by atoms with Gasteiger partial charge in [0.1, 0.15) is 24.0 Å². The number of allylic oxidation sites excluding steroid dienone is 1. The number of nitrogens with zero attached hydrogens (tertiary/aromatic N) is 2. The van der Waals surface area contributed by atoms with Gasteiger partial charge in [0, 0.05) is 87.3 Å². The molecule has 0 aliphatic carbocycles. The molecule has 454 valence electrons. The van der Waals surface area contributed by atoms with Crippen molar-refractivity contribution in [2.75, 3.05) is 52.1 Å². The minimum absolute atomic E-state index is 0.00715. The Kier molecular flexibility index (Phi) is 27.2.